The second kappa shape index (κ2) is 9.86. The lowest BCUT2D eigenvalue weighted by Gasteiger charge is -2.10. The molecule has 0 spiro atoms. The van der Waals surface area contributed by atoms with Crippen LogP contribution in [-0.4, -0.2) is 46.6 Å². The van der Waals surface area contributed by atoms with Gasteiger partial charge in [0.15, 0.2) is 5.65 Å². The third-order valence-electron chi connectivity index (χ3n) is 5.51. The third-order valence-corrected chi connectivity index (χ3v) is 5.51. The van der Waals surface area contributed by atoms with Crippen LogP contribution in [0.5, 0.6) is 0 Å². The van der Waals surface area contributed by atoms with Crippen molar-refractivity contribution < 1.29 is 22.7 Å². The summed E-state index contributed by atoms with van der Waals surface area (Å²) in [6, 6.07) is 10.2. The Morgan fingerprint density at radius 1 is 1.09 bits per heavy atom. The second-order valence-electron chi connectivity index (χ2n) is 8.02. The summed E-state index contributed by atoms with van der Waals surface area (Å²) in [6.07, 6.45) is -1.08. The van der Waals surface area contributed by atoms with Crippen LogP contribution in [0.4, 0.5) is 13.2 Å². The molecule has 0 aliphatic rings. The van der Waals surface area contributed by atoms with Crippen LogP contribution in [0.3, 0.4) is 0 Å². The summed E-state index contributed by atoms with van der Waals surface area (Å²) in [5.41, 5.74) is 7.11. The number of alkyl halides is 3. The van der Waals surface area contributed by atoms with Crippen LogP contribution in [0.15, 0.2) is 48.7 Å². The highest BCUT2D eigenvalue weighted by Crippen LogP contribution is 2.34. The van der Waals surface area contributed by atoms with Gasteiger partial charge >= 0.3 is 6.18 Å². The van der Waals surface area contributed by atoms with E-state index in [2.05, 4.69) is 10.4 Å². The number of nitrogens with one attached hydrogen (secondary N) is 1. The molecule has 0 unspecified atom stereocenters. The number of carbonyl (C=O) groups is 1. The van der Waals surface area contributed by atoms with E-state index in [0.717, 1.165) is 34.8 Å². The highest BCUT2D eigenvalue weighted by atomic mass is 19.4. The van der Waals surface area contributed by atoms with Gasteiger partial charge in [-0.25, -0.2) is 0 Å². The van der Waals surface area contributed by atoms with E-state index in [0.29, 0.717) is 49.6 Å². The van der Waals surface area contributed by atoms with Gasteiger partial charge in [-0.05, 0) is 61.9 Å². The molecule has 2 aromatic heterocycles. The van der Waals surface area contributed by atoms with Gasteiger partial charge in [-0.1, -0.05) is 0 Å². The van der Waals surface area contributed by atoms with E-state index in [1.165, 1.54) is 12.1 Å². The number of nitrogens with two attached hydrogens (primary N) is 1. The molecular formula is C24H26F3N5O2. The molecule has 0 radical (unpaired) electrons. The van der Waals surface area contributed by atoms with Crippen LogP contribution >= 0.6 is 0 Å². The van der Waals surface area contributed by atoms with Crippen molar-refractivity contribution in [3.63, 3.8) is 0 Å². The van der Waals surface area contributed by atoms with Crippen molar-refractivity contribution in [1.29, 1.82) is 0 Å². The van der Waals surface area contributed by atoms with E-state index >= 15 is 0 Å². The highest BCUT2D eigenvalue weighted by molar-refractivity contribution is 6.10. The number of carbonyl (C=O) groups excluding carboxylic acids is 1. The van der Waals surface area contributed by atoms with Gasteiger partial charge in [0.05, 0.1) is 11.1 Å². The number of aromatic nitrogens is 3. The SMILES string of the molecule is Cn1cc2c3cc(C(=O)NCCCOCCCN)ccc3n(-c3ccc(C(F)(F)F)cc3)c2n1. The van der Waals surface area contributed by atoms with Crippen LogP contribution in [0.25, 0.3) is 27.6 Å². The fourth-order valence-electron chi connectivity index (χ4n) is 3.86. The van der Waals surface area contributed by atoms with Crippen LogP contribution in [-0.2, 0) is 18.0 Å². The molecule has 4 aromatic rings. The molecule has 4 rings (SSSR count). The van der Waals surface area contributed by atoms with Crippen LogP contribution in [0.1, 0.15) is 28.8 Å². The normalized spacial score (nSPS) is 12.0. The molecule has 7 nitrogen and oxygen atoms in total. The maximum Gasteiger partial charge on any atom is 0.416 e. The Morgan fingerprint density at radius 2 is 1.82 bits per heavy atom. The monoisotopic (exact) mass is 473 g/mol. The van der Waals surface area contributed by atoms with Crippen molar-refractivity contribution in [1.82, 2.24) is 19.7 Å². The lowest BCUT2D eigenvalue weighted by atomic mass is 10.1. The molecule has 10 heteroatoms. The molecule has 180 valence electrons. The number of fused-ring (bicyclic) bond motifs is 3. The van der Waals surface area contributed by atoms with Crippen molar-refractivity contribution >= 4 is 27.8 Å². The number of benzene rings is 2. The summed E-state index contributed by atoms with van der Waals surface area (Å²) in [6.45, 7) is 2.22. The summed E-state index contributed by atoms with van der Waals surface area (Å²) >= 11 is 0. The summed E-state index contributed by atoms with van der Waals surface area (Å²) in [5, 5.41) is 8.99. The van der Waals surface area contributed by atoms with Crippen LogP contribution < -0.4 is 11.1 Å². The zero-order chi connectivity index (χ0) is 24.3. The predicted octanol–water partition coefficient (Wildman–Crippen LogP) is 4.02. The molecule has 0 saturated carbocycles. The first kappa shape index (κ1) is 23.8. The molecule has 34 heavy (non-hydrogen) atoms. The van der Waals surface area contributed by atoms with Gasteiger partial charge in [-0.2, -0.15) is 18.3 Å². The number of amides is 1. The largest absolute Gasteiger partial charge is 0.416 e. The minimum atomic E-state index is -4.41. The van der Waals surface area contributed by atoms with Gasteiger partial charge in [0.1, 0.15) is 0 Å². The molecule has 3 N–H and O–H groups in total. The van der Waals surface area contributed by atoms with Gasteiger partial charge < -0.3 is 15.8 Å². The Balaban J connectivity index is 1.59. The van der Waals surface area contributed by atoms with Crippen LogP contribution in [0, 0.1) is 0 Å². The van der Waals surface area contributed by atoms with Crippen LogP contribution in [0.2, 0.25) is 0 Å². The predicted molar refractivity (Wildman–Crippen MR) is 124 cm³/mol. The minimum Gasteiger partial charge on any atom is -0.381 e. The van der Waals surface area contributed by atoms with Crippen molar-refractivity contribution in [2.24, 2.45) is 12.8 Å². The molecule has 0 aliphatic carbocycles. The average molecular weight is 473 g/mol. The summed E-state index contributed by atoms with van der Waals surface area (Å²) in [7, 11) is 1.77. The lowest BCUT2D eigenvalue weighted by Crippen LogP contribution is -2.25. The first-order chi connectivity index (χ1) is 16.3. The summed E-state index contributed by atoms with van der Waals surface area (Å²) < 4.78 is 47.9. The lowest BCUT2D eigenvalue weighted by molar-refractivity contribution is -0.137. The fraction of sp³-hybridized carbons (Fsp3) is 0.333. The van der Waals surface area contributed by atoms with Gasteiger partial charge in [-0.3, -0.25) is 14.0 Å². The van der Waals surface area contributed by atoms with E-state index < -0.39 is 11.7 Å². The first-order valence-electron chi connectivity index (χ1n) is 11.0. The zero-order valence-electron chi connectivity index (χ0n) is 18.7. The Bertz CT molecular complexity index is 1290. The number of halogens is 3. The van der Waals surface area contributed by atoms with Crippen molar-refractivity contribution in [3.8, 4) is 5.69 Å². The number of rotatable bonds is 9. The van der Waals surface area contributed by atoms with Crippen molar-refractivity contribution in [2.75, 3.05) is 26.3 Å². The van der Waals surface area contributed by atoms with E-state index in [9.17, 15) is 18.0 Å². The number of ether oxygens (including phenoxy) is 1. The summed E-state index contributed by atoms with van der Waals surface area (Å²) in [4.78, 5) is 12.7. The third kappa shape index (κ3) is 4.92. The highest BCUT2D eigenvalue weighted by Gasteiger charge is 2.30. The number of aryl methyl sites for hydroxylation is 1. The zero-order valence-corrected chi connectivity index (χ0v) is 18.7. The van der Waals surface area contributed by atoms with Gasteiger partial charge in [-0.15, -0.1) is 0 Å². The summed E-state index contributed by atoms with van der Waals surface area (Å²) in [5.74, 6) is -0.205. The topological polar surface area (TPSA) is 87.1 Å². The molecule has 0 aliphatic heterocycles. The van der Waals surface area contributed by atoms with E-state index in [4.69, 9.17) is 10.5 Å². The number of nitrogens with zero attached hydrogens (tertiary/aromatic N) is 3. The molecular weight excluding hydrogens is 447 g/mol. The Labute approximate surface area is 194 Å². The minimum absolute atomic E-state index is 0.205. The average Bonchev–Trinajstić information content (AvgIpc) is 3.32. The maximum absolute atomic E-state index is 13.0. The molecule has 1 amide bonds. The molecule has 2 aromatic carbocycles. The van der Waals surface area contributed by atoms with E-state index in [1.54, 1.807) is 34.5 Å². The van der Waals surface area contributed by atoms with Gasteiger partial charge in [0, 0.05) is 55.0 Å². The molecule has 0 saturated heterocycles. The Morgan fingerprint density at radius 3 is 2.53 bits per heavy atom. The van der Waals surface area contributed by atoms with Gasteiger partial charge in [0.25, 0.3) is 5.91 Å². The molecule has 0 bridgehead atoms. The Hall–Kier alpha value is -3.37. The second-order valence-corrected chi connectivity index (χ2v) is 8.02. The number of hydrogen-bond acceptors (Lipinski definition) is 4. The molecule has 0 atom stereocenters. The molecule has 0 fully saturated rings. The maximum atomic E-state index is 13.0. The fourth-order valence-corrected chi connectivity index (χ4v) is 3.86. The first-order valence-corrected chi connectivity index (χ1v) is 11.0. The van der Waals surface area contributed by atoms with Crippen molar-refractivity contribution in [2.45, 2.75) is 19.0 Å². The quantitative estimate of drug-likeness (QED) is 0.360. The van der Waals surface area contributed by atoms with Gasteiger partial charge in [0.2, 0.25) is 0 Å². The smallest absolute Gasteiger partial charge is 0.381 e. The number of hydrogen-bond donors (Lipinski definition) is 2. The molecule has 2 heterocycles. The van der Waals surface area contributed by atoms with E-state index in [1.807, 2.05) is 6.20 Å². The Kier molecular flexibility index (Phi) is 6.90. The van der Waals surface area contributed by atoms with Crippen molar-refractivity contribution in [3.05, 3.63) is 59.8 Å². The van der Waals surface area contributed by atoms with E-state index in [-0.39, 0.29) is 5.91 Å². The standard InChI is InChI=1S/C24H26F3N5O2/c1-31-15-20-19-14-16(23(33)29-11-3-13-34-12-2-10-28)4-9-21(19)32(22(20)30-31)18-7-5-17(6-8-18)24(25,26)27/h4-9,14-15H,2-3,10-13,28H2,1H3,(H,29,33).